The molecular formula is C28H36O2P+. The fourth-order valence-corrected chi connectivity index (χ4v) is 8.72. The first-order chi connectivity index (χ1) is 15.3. The lowest BCUT2D eigenvalue weighted by Gasteiger charge is -2.27. The first-order valence-corrected chi connectivity index (χ1v) is 13.6. The van der Waals surface area contributed by atoms with Crippen LogP contribution in [0, 0.1) is 0 Å². The van der Waals surface area contributed by atoms with E-state index in [9.17, 15) is 0 Å². The monoisotopic (exact) mass is 435 g/mol. The first-order valence-electron chi connectivity index (χ1n) is 11.6. The number of hydrogen-bond donors (Lipinski definition) is 0. The summed E-state index contributed by atoms with van der Waals surface area (Å²) in [4.78, 5) is 0. The lowest BCUT2D eigenvalue weighted by molar-refractivity contribution is -0.140. The van der Waals surface area contributed by atoms with Crippen LogP contribution in [0.4, 0.5) is 0 Å². The van der Waals surface area contributed by atoms with Gasteiger partial charge < -0.3 is 9.47 Å². The summed E-state index contributed by atoms with van der Waals surface area (Å²) in [6, 6.07) is 33.4. The summed E-state index contributed by atoms with van der Waals surface area (Å²) in [5.74, 6) is 0. The van der Waals surface area contributed by atoms with Crippen LogP contribution in [0.2, 0.25) is 0 Å². The molecule has 3 aromatic rings. The maximum absolute atomic E-state index is 5.72. The second kappa shape index (κ2) is 12.8. The van der Waals surface area contributed by atoms with Gasteiger partial charge in [0.15, 0.2) is 6.29 Å². The number of ether oxygens (including phenoxy) is 2. The van der Waals surface area contributed by atoms with Crippen LogP contribution in [0.1, 0.15) is 39.5 Å². The van der Waals surface area contributed by atoms with E-state index in [0.29, 0.717) is 13.2 Å². The lowest BCUT2D eigenvalue weighted by atomic mass is 10.2. The molecule has 2 nitrogen and oxygen atoms in total. The molecular weight excluding hydrogens is 399 g/mol. The molecule has 0 unspecified atom stereocenters. The van der Waals surface area contributed by atoms with Crippen molar-refractivity contribution in [3.05, 3.63) is 91.0 Å². The molecule has 0 saturated carbocycles. The number of unbranched alkanes of at least 4 members (excludes halogenated alkanes) is 2. The third-order valence-corrected chi connectivity index (χ3v) is 10.3. The summed E-state index contributed by atoms with van der Waals surface area (Å²) in [6.45, 7) is 5.47. The van der Waals surface area contributed by atoms with Gasteiger partial charge >= 0.3 is 0 Å². The minimum atomic E-state index is -1.71. The van der Waals surface area contributed by atoms with Crippen LogP contribution < -0.4 is 15.9 Å². The summed E-state index contributed by atoms with van der Waals surface area (Å²) in [5.41, 5.74) is 0. The second-order valence-electron chi connectivity index (χ2n) is 7.73. The van der Waals surface area contributed by atoms with Crippen molar-refractivity contribution in [2.24, 2.45) is 0 Å². The molecule has 3 rings (SSSR count). The van der Waals surface area contributed by atoms with Gasteiger partial charge in [0, 0.05) is 13.2 Å². The van der Waals surface area contributed by atoms with E-state index in [-0.39, 0.29) is 6.29 Å². The van der Waals surface area contributed by atoms with Crippen molar-refractivity contribution in [2.75, 3.05) is 19.4 Å². The van der Waals surface area contributed by atoms with Crippen LogP contribution in [0.15, 0.2) is 91.0 Å². The van der Waals surface area contributed by atoms with Gasteiger partial charge in [-0.15, -0.1) is 0 Å². The van der Waals surface area contributed by atoms with E-state index in [2.05, 4.69) is 91.0 Å². The topological polar surface area (TPSA) is 18.5 Å². The molecule has 31 heavy (non-hydrogen) atoms. The number of hydrogen-bond acceptors (Lipinski definition) is 2. The van der Waals surface area contributed by atoms with Crippen molar-refractivity contribution in [3.63, 3.8) is 0 Å². The van der Waals surface area contributed by atoms with E-state index in [1.807, 2.05) is 13.8 Å². The Bertz CT molecular complexity index is 749. The Labute approximate surface area is 189 Å². The molecule has 0 radical (unpaired) electrons. The predicted molar refractivity (Wildman–Crippen MR) is 136 cm³/mol. The molecule has 0 saturated heterocycles. The van der Waals surface area contributed by atoms with Gasteiger partial charge in [-0.1, -0.05) is 54.6 Å². The molecule has 0 amide bonds. The number of rotatable bonds is 13. The molecule has 0 spiro atoms. The zero-order chi connectivity index (χ0) is 21.8. The third kappa shape index (κ3) is 6.26. The molecule has 3 heteroatoms. The molecule has 0 aliphatic rings. The van der Waals surface area contributed by atoms with Crippen molar-refractivity contribution in [3.8, 4) is 0 Å². The summed E-state index contributed by atoms with van der Waals surface area (Å²) in [7, 11) is -1.71. The Morgan fingerprint density at radius 2 is 1.00 bits per heavy atom. The standard InChI is InChI=1S/C28H36O2P/c1-3-29-28(30-4-2)23-15-8-16-24-31(25-17-9-5-10-18-25,26-19-11-6-12-20-26)27-21-13-7-14-22-27/h5-7,9-14,17-22,28H,3-4,8,15-16,23-24H2,1-2H3/q+1. The van der Waals surface area contributed by atoms with Gasteiger partial charge in [0.2, 0.25) is 0 Å². The van der Waals surface area contributed by atoms with E-state index in [4.69, 9.17) is 9.47 Å². The summed E-state index contributed by atoms with van der Waals surface area (Å²) >= 11 is 0. The van der Waals surface area contributed by atoms with Crippen LogP contribution in [0.25, 0.3) is 0 Å². The van der Waals surface area contributed by atoms with Gasteiger partial charge in [-0.05, 0) is 75.9 Å². The number of benzene rings is 3. The minimum absolute atomic E-state index is 0.0630. The molecule has 3 aromatic carbocycles. The average Bonchev–Trinajstić information content (AvgIpc) is 2.83. The van der Waals surface area contributed by atoms with Crippen molar-refractivity contribution in [1.82, 2.24) is 0 Å². The van der Waals surface area contributed by atoms with Crippen molar-refractivity contribution >= 4 is 23.2 Å². The predicted octanol–water partition coefficient (Wildman–Crippen LogP) is 5.94. The molecule has 0 aromatic heterocycles. The largest absolute Gasteiger partial charge is 0.353 e. The van der Waals surface area contributed by atoms with Gasteiger partial charge in [0.05, 0.1) is 6.16 Å². The fraction of sp³-hybridized carbons (Fsp3) is 0.357. The van der Waals surface area contributed by atoms with E-state index in [1.54, 1.807) is 0 Å². The van der Waals surface area contributed by atoms with Gasteiger partial charge in [-0.3, -0.25) is 0 Å². The molecule has 0 aliphatic carbocycles. The van der Waals surface area contributed by atoms with E-state index < -0.39 is 7.26 Å². The maximum atomic E-state index is 5.72. The van der Waals surface area contributed by atoms with Crippen LogP contribution >= 0.6 is 7.26 Å². The normalized spacial score (nSPS) is 11.7. The van der Waals surface area contributed by atoms with Crippen LogP contribution in [-0.2, 0) is 9.47 Å². The molecule has 0 aliphatic heterocycles. The average molecular weight is 436 g/mol. The van der Waals surface area contributed by atoms with E-state index in [1.165, 1.54) is 34.9 Å². The van der Waals surface area contributed by atoms with Gasteiger partial charge in [0.25, 0.3) is 0 Å². The molecule has 0 atom stereocenters. The summed E-state index contributed by atoms with van der Waals surface area (Å²) in [5, 5.41) is 4.40. The highest BCUT2D eigenvalue weighted by atomic mass is 31.2. The highest BCUT2D eigenvalue weighted by molar-refractivity contribution is 7.95. The molecule has 0 N–H and O–H groups in total. The van der Waals surface area contributed by atoms with Crippen LogP contribution in [0.5, 0.6) is 0 Å². The zero-order valence-electron chi connectivity index (χ0n) is 19.0. The Morgan fingerprint density at radius 1 is 0.581 bits per heavy atom. The third-order valence-electron chi connectivity index (χ3n) is 5.73. The molecule has 0 fully saturated rings. The van der Waals surface area contributed by atoms with E-state index in [0.717, 1.165) is 12.8 Å². The van der Waals surface area contributed by atoms with Gasteiger partial charge in [-0.25, -0.2) is 0 Å². The highest BCUT2D eigenvalue weighted by Gasteiger charge is 2.44. The Hall–Kier alpha value is -1.99. The Balaban J connectivity index is 1.83. The summed E-state index contributed by atoms with van der Waals surface area (Å²) < 4.78 is 11.4. The smallest absolute Gasteiger partial charge is 0.157 e. The van der Waals surface area contributed by atoms with Crippen molar-refractivity contribution < 1.29 is 9.47 Å². The van der Waals surface area contributed by atoms with E-state index >= 15 is 0 Å². The molecule has 0 bridgehead atoms. The van der Waals surface area contributed by atoms with Gasteiger partial charge in [-0.2, -0.15) is 0 Å². The van der Waals surface area contributed by atoms with Crippen molar-refractivity contribution in [1.29, 1.82) is 0 Å². The zero-order valence-corrected chi connectivity index (χ0v) is 19.8. The highest BCUT2D eigenvalue weighted by Crippen LogP contribution is 2.55. The minimum Gasteiger partial charge on any atom is -0.353 e. The van der Waals surface area contributed by atoms with Crippen LogP contribution in [-0.4, -0.2) is 25.7 Å². The Kier molecular flexibility index (Phi) is 9.75. The first kappa shape index (κ1) is 23.7. The fourth-order valence-electron chi connectivity index (χ4n) is 4.31. The summed E-state index contributed by atoms with van der Waals surface area (Å²) in [6.07, 6.45) is 5.59. The molecule has 164 valence electrons. The maximum Gasteiger partial charge on any atom is 0.157 e. The van der Waals surface area contributed by atoms with Crippen LogP contribution in [0.3, 0.4) is 0 Å². The molecule has 0 heterocycles. The van der Waals surface area contributed by atoms with Crippen molar-refractivity contribution in [2.45, 2.75) is 45.8 Å². The van der Waals surface area contributed by atoms with Gasteiger partial charge in [0.1, 0.15) is 23.2 Å². The second-order valence-corrected chi connectivity index (χ2v) is 11.3. The SMILES string of the molecule is CCOC(CCCCC[P+](c1ccccc1)(c1ccccc1)c1ccccc1)OCC. The lowest BCUT2D eigenvalue weighted by Crippen LogP contribution is -2.33. The quantitative estimate of drug-likeness (QED) is 0.188. The Morgan fingerprint density at radius 3 is 1.39 bits per heavy atom.